The second-order valence-corrected chi connectivity index (χ2v) is 26.5. The van der Waals surface area contributed by atoms with Gasteiger partial charge in [0, 0.05) is 33.7 Å². The summed E-state index contributed by atoms with van der Waals surface area (Å²) in [5.41, 5.74) is 25.2. The number of hydrogen-bond donors (Lipinski definition) is 0. The molecule has 3 nitrogen and oxygen atoms in total. The molecule has 4 heteroatoms. The maximum Gasteiger partial charge on any atom is 0.296 e. The molecule has 11 rings (SSSR count). The zero-order valence-electron chi connectivity index (χ0n) is 44.2. The average Bonchev–Trinajstić information content (AvgIpc) is 3.64. The first kappa shape index (κ1) is 45.2. The normalized spacial score (nSPS) is 20.9. The number of furan rings is 1. The Kier molecular flexibility index (Phi) is 9.75. The minimum absolute atomic E-state index is 0.0233. The molecule has 68 heavy (non-hydrogen) atoms. The van der Waals surface area contributed by atoms with E-state index in [-0.39, 0.29) is 39.2 Å². The Hall–Kier alpha value is -5.22. The predicted molar refractivity (Wildman–Crippen MR) is 292 cm³/mol. The van der Waals surface area contributed by atoms with Gasteiger partial charge in [-0.05, 0) is 183 Å². The topological polar surface area (TPSA) is 19.6 Å². The quantitative estimate of drug-likeness (QED) is 0.165. The van der Waals surface area contributed by atoms with Crippen molar-refractivity contribution in [2.75, 3.05) is 9.80 Å². The number of rotatable bonds is 3. The molecule has 6 aromatic rings. The number of aryl methyl sites for hydroxylation is 2. The Morgan fingerprint density at radius 1 is 0.603 bits per heavy atom. The van der Waals surface area contributed by atoms with E-state index in [4.69, 9.17) is 4.42 Å². The fourth-order valence-electron chi connectivity index (χ4n) is 13.2. The molecular formula is C64H75BN2O. The molecule has 0 amide bonds. The molecule has 0 spiro atoms. The molecule has 1 saturated carbocycles. The van der Waals surface area contributed by atoms with Gasteiger partial charge in [0.15, 0.2) is 0 Å². The van der Waals surface area contributed by atoms with Gasteiger partial charge >= 0.3 is 0 Å². The molecule has 0 N–H and O–H groups in total. The lowest BCUT2D eigenvalue weighted by molar-refractivity contribution is 0.121. The lowest BCUT2D eigenvalue weighted by Crippen LogP contribution is -2.57. The van der Waals surface area contributed by atoms with E-state index in [1.165, 1.54) is 109 Å². The van der Waals surface area contributed by atoms with Crippen molar-refractivity contribution < 1.29 is 4.42 Å². The Labute approximate surface area is 409 Å². The number of hydrogen-bond acceptors (Lipinski definition) is 3. The Morgan fingerprint density at radius 2 is 1.21 bits per heavy atom. The number of anilines is 5. The highest BCUT2D eigenvalue weighted by Crippen LogP contribution is 2.60. The molecule has 1 unspecified atom stereocenters. The molecule has 350 valence electrons. The minimum atomic E-state index is -0.0818. The monoisotopic (exact) mass is 899 g/mol. The molecule has 2 aliphatic heterocycles. The van der Waals surface area contributed by atoms with Crippen LogP contribution in [0.1, 0.15) is 162 Å². The summed E-state index contributed by atoms with van der Waals surface area (Å²) in [5, 5.41) is 1.19. The highest BCUT2D eigenvalue weighted by molar-refractivity contribution is 6.95. The number of fused-ring (bicyclic) bond motifs is 7. The van der Waals surface area contributed by atoms with Crippen LogP contribution >= 0.6 is 0 Å². The number of benzene rings is 5. The summed E-state index contributed by atoms with van der Waals surface area (Å²) < 4.78 is 7.50. The third-order valence-corrected chi connectivity index (χ3v) is 17.8. The number of allylic oxidation sites excluding steroid dienone is 4. The maximum absolute atomic E-state index is 7.50. The van der Waals surface area contributed by atoms with Gasteiger partial charge in [0.1, 0.15) is 5.58 Å². The van der Waals surface area contributed by atoms with Crippen molar-refractivity contribution in [2.45, 2.75) is 165 Å². The zero-order chi connectivity index (χ0) is 48.4. The molecule has 1 fully saturated rings. The summed E-state index contributed by atoms with van der Waals surface area (Å²) in [6, 6.07) is 35.8. The van der Waals surface area contributed by atoms with E-state index in [1.54, 1.807) is 5.57 Å². The van der Waals surface area contributed by atoms with Gasteiger partial charge in [-0.3, -0.25) is 0 Å². The molecule has 5 aliphatic rings. The molecule has 1 atom stereocenters. The fourth-order valence-corrected chi connectivity index (χ4v) is 13.2. The van der Waals surface area contributed by atoms with Crippen LogP contribution in [0.2, 0.25) is 0 Å². The molecule has 3 heterocycles. The van der Waals surface area contributed by atoms with Gasteiger partial charge in [0.25, 0.3) is 6.71 Å². The van der Waals surface area contributed by atoms with Crippen molar-refractivity contribution in [1.82, 2.24) is 0 Å². The average molecular weight is 899 g/mol. The Morgan fingerprint density at radius 3 is 1.85 bits per heavy atom. The van der Waals surface area contributed by atoms with E-state index in [0.717, 1.165) is 29.8 Å². The zero-order valence-corrected chi connectivity index (χ0v) is 44.2. The Bertz CT molecular complexity index is 3150. The standard InChI is InChI=1S/C64H75BN2O/c1-38-31-53-56-54(32-38)67(51-36-48-46(61(9,10)27-29-63(48,13)14)34-44(51)43-20-18-17-19-39(43)2)52-37-49-47(62(11,12)28-30-64(49,15)16)35-50(52)65(56)58-57(45-33-41(60(6,7)8)23-26-55(45)68-58)66(53)42-24-21-40(22-25-42)59(3,4)5/h17-26,31-36,49H,27-30,37H2,1-16H3. The van der Waals surface area contributed by atoms with Crippen LogP contribution in [0, 0.1) is 30.6 Å². The van der Waals surface area contributed by atoms with Crippen molar-refractivity contribution in [2.24, 2.45) is 16.7 Å². The number of nitrogens with zero attached hydrogens (tertiary/aromatic N) is 2. The van der Waals surface area contributed by atoms with Crippen LogP contribution < -0.4 is 20.9 Å². The molecular weight excluding hydrogens is 824 g/mol. The van der Waals surface area contributed by atoms with Gasteiger partial charge in [0.05, 0.1) is 17.0 Å². The van der Waals surface area contributed by atoms with E-state index in [2.05, 4.69) is 218 Å². The fraction of sp³-hybridized carbons (Fsp3) is 0.438. The largest absolute Gasteiger partial charge is 0.468 e. The van der Waals surface area contributed by atoms with E-state index in [1.807, 2.05) is 0 Å². The lowest BCUT2D eigenvalue weighted by atomic mass is 9.33. The maximum atomic E-state index is 7.50. The van der Waals surface area contributed by atoms with E-state index in [9.17, 15) is 0 Å². The summed E-state index contributed by atoms with van der Waals surface area (Å²) in [7, 11) is 0. The Balaban J connectivity index is 1.29. The molecule has 3 aliphatic carbocycles. The van der Waals surface area contributed by atoms with Crippen LogP contribution in [0.15, 0.2) is 118 Å². The smallest absolute Gasteiger partial charge is 0.296 e. The summed E-state index contributed by atoms with van der Waals surface area (Å²) in [6.45, 7) is 38.5. The van der Waals surface area contributed by atoms with Crippen LogP contribution in [0.3, 0.4) is 0 Å². The van der Waals surface area contributed by atoms with Crippen molar-refractivity contribution in [1.29, 1.82) is 0 Å². The van der Waals surface area contributed by atoms with Crippen LogP contribution in [0.25, 0.3) is 22.1 Å². The second kappa shape index (κ2) is 14.7. The van der Waals surface area contributed by atoms with E-state index < -0.39 is 0 Å². The van der Waals surface area contributed by atoms with Crippen molar-refractivity contribution in [3.8, 4) is 11.1 Å². The van der Waals surface area contributed by atoms with E-state index >= 15 is 0 Å². The van der Waals surface area contributed by atoms with Crippen LogP contribution in [0.5, 0.6) is 0 Å². The van der Waals surface area contributed by atoms with Crippen LogP contribution in [-0.2, 0) is 21.7 Å². The first-order valence-corrected chi connectivity index (χ1v) is 25.9. The van der Waals surface area contributed by atoms with Crippen molar-refractivity contribution >= 4 is 57.2 Å². The minimum Gasteiger partial charge on any atom is -0.468 e. The highest BCUT2D eigenvalue weighted by Gasteiger charge is 2.53. The van der Waals surface area contributed by atoms with Gasteiger partial charge < -0.3 is 14.2 Å². The molecule has 0 bridgehead atoms. The SMILES string of the molecule is Cc1cc2c3c(c1)N(c1ccc(C(C)(C)C)cc1)c1c(oc4ccc(C(C)(C)C)cc14)B3C1=C(CC3C(=C1)C(C)(C)CCC3(C)C)N2c1cc2c(cc1-c1ccccc1C)C(C)(C)CCC2(C)C. The van der Waals surface area contributed by atoms with Crippen molar-refractivity contribution in [3.05, 3.63) is 147 Å². The predicted octanol–water partition coefficient (Wildman–Crippen LogP) is 16.8. The molecule has 1 aromatic heterocycles. The van der Waals surface area contributed by atoms with Gasteiger partial charge in [-0.2, -0.15) is 0 Å². The highest BCUT2D eigenvalue weighted by atomic mass is 16.3. The lowest BCUT2D eigenvalue weighted by Gasteiger charge is -2.53. The van der Waals surface area contributed by atoms with Gasteiger partial charge in [-0.1, -0.05) is 151 Å². The summed E-state index contributed by atoms with van der Waals surface area (Å²) in [5.74, 6) is 0.416. The first-order chi connectivity index (χ1) is 31.8. The molecule has 0 saturated heterocycles. The molecule has 5 aromatic carbocycles. The van der Waals surface area contributed by atoms with Gasteiger partial charge in [0.2, 0.25) is 0 Å². The second-order valence-electron chi connectivity index (χ2n) is 26.5. The van der Waals surface area contributed by atoms with Gasteiger partial charge in [-0.25, -0.2) is 0 Å². The van der Waals surface area contributed by atoms with Crippen LogP contribution in [-0.4, -0.2) is 6.71 Å². The van der Waals surface area contributed by atoms with Crippen LogP contribution in [0.4, 0.5) is 28.4 Å². The summed E-state index contributed by atoms with van der Waals surface area (Å²) in [4.78, 5) is 5.38. The van der Waals surface area contributed by atoms with Crippen molar-refractivity contribution in [3.63, 3.8) is 0 Å². The molecule has 0 radical (unpaired) electrons. The third kappa shape index (κ3) is 6.80. The third-order valence-electron chi connectivity index (χ3n) is 17.8. The first-order valence-electron chi connectivity index (χ1n) is 25.9. The van der Waals surface area contributed by atoms with E-state index in [0.29, 0.717) is 5.92 Å². The summed E-state index contributed by atoms with van der Waals surface area (Å²) >= 11 is 0. The summed E-state index contributed by atoms with van der Waals surface area (Å²) in [6.07, 6.45) is 8.46. The van der Waals surface area contributed by atoms with Gasteiger partial charge in [-0.15, -0.1) is 0 Å².